The van der Waals surface area contributed by atoms with Gasteiger partial charge in [0, 0.05) is 0 Å². The van der Waals surface area contributed by atoms with Crippen molar-refractivity contribution in [3.05, 3.63) is 11.6 Å². The van der Waals surface area contributed by atoms with Crippen LogP contribution >= 0.6 is 12.6 Å². The highest BCUT2D eigenvalue weighted by molar-refractivity contribution is 7.83. The molecule has 5 nitrogen and oxygen atoms in total. The van der Waals surface area contributed by atoms with Crippen LogP contribution in [0, 0.1) is 0 Å². The van der Waals surface area contributed by atoms with E-state index in [0.29, 0.717) is 0 Å². The first-order valence-corrected chi connectivity index (χ1v) is 5.60. The van der Waals surface area contributed by atoms with Crippen molar-refractivity contribution in [2.24, 2.45) is 5.16 Å². The van der Waals surface area contributed by atoms with Crippen molar-refractivity contribution < 1.29 is 19.2 Å². The molecule has 0 saturated heterocycles. The lowest BCUT2D eigenvalue weighted by Crippen LogP contribution is -2.32. The Bertz CT molecular complexity index is 345. The zero-order chi connectivity index (χ0) is 13.4. The maximum atomic E-state index is 11.7. The molecule has 96 valence electrons. The summed E-state index contributed by atoms with van der Waals surface area (Å²) in [6.45, 7) is 5.41. The quantitative estimate of drug-likeness (QED) is 0.257. The van der Waals surface area contributed by atoms with E-state index in [1.54, 1.807) is 20.8 Å². The number of thiol groups is 1. The van der Waals surface area contributed by atoms with Crippen LogP contribution in [-0.2, 0) is 19.2 Å². The average Bonchev–Trinajstić information content (AvgIpc) is 2.24. The summed E-state index contributed by atoms with van der Waals surface area (Å²) >= 11 is 4.01. The van der Waals surface area contributed by atoms with Gasteiger partial charge in [0.05, 0.1) is 6.61 Å². The molecule has 17 heavy (non-hydrogen) atoms. The van der Waals surface area contributed by atoms with Crippen LogP contribution in [0.25, 0.3) is 0 Å². The van der Waals surface area contributed by atoms with Gasteiger partial charge in [-0.05, 0) is 26.8 Å². The molecule has 0 aliphatic heterocycles. The third-order valence-electron chi connectivity index (χ3n) is 1.63. The van der Waals surface area contributed by atoms with E-state index in [9.17, 15) is 9.59 Å². The van der Waals surface area contributed by atoms with Gasteiger partial charge in [0.1, 0.15) is 12.4 Å². The van der Waals surface area contributed by atoms with Crippen molar-refractivity contribution >= 4 is 30.1 Å². The Hall–Kier alpha value is -1.30. The highest BCUT2D eigenvalue weighted by Crippen LogP contribution is 2.06. The van der Waals surface area contributed by atoms with E-state index in [1.165, 1.54) is 13.2 Å². The Kier molecular flexibility index (Phi) is 7.29. The van der Waals surface area contributed by atoms with Crippen molar-refractivity contribution in [2.45, 2.75) is 26.0 Å². The number of ether oxygens (including phenoxy) is 1. The third kappa shape index (κ3) is 5.53. The SMILES string of the molecule is CCOC(=O)C(S)/C(=N/OC)C(=O)C=C(C)C. The molecule has 0 fully saturated rings. The van der Waals surface area contributed by atoms with Gasteiger partial charge in [-0.3, -0.25) is 9.59 Å². The molecule has 0 heterocycles. The van der Waals surface area contributed by atoms with Crippen LogP contribution in [0.2, 0.25) is 0 Å². The second kappa shape index (κ2) is 7.89. The summed E-state index contributed by atoms with van der Waals surface area (Å²) in [7, 11) is 1.29. The van der Waals surface area contributed by atoms with Crippen LogP contribution in [0.3, 0.4) is 0 Å². The van der Waals surface area contributed by atoms with Gasteiger partial charge in [-0.25, -0.2) is 0 Å². The van der Waals surface area contributed by atoms with Crippen LogP contribution < -0.4 is 0 Å². The Morgan fingerprint density at radius 2 is 2.00 bits per heavy atom. The average molecular weight is 259 g/mol. The fourth-order valence-electron chi connectivity index (χ4n) is 0.997. The van der Waals surface area contributed by atoms with E-state index in [0.717, 1.165) is 5.57 Å². The Labute approximate surface area is 106 Å². The molecule has 0 rings (SSSR count). The van der Waals surface area contributed by atoms with Crippen LogP contribution in [0.1, 0.15) is 20.8 Å². The van der Waals surface area contributed by atoms with Crippen LogP contribution in [0.5, 0.6) is 0 Å². The Morgan fingerprint density at radius 3 is 2.41 bits per heavy atom. The maximum Gasteiger partial charge on any atom is 0.325 e. The fraction of sp³-hybridized carbons (Fsp3) is 0.545. The molecule has 6 heteroatoms. The fourth-order valence-corrected chi connectivity index (χ4v) is 1.25. The summed E-state index contributed by atoms with van der Waals surface area (Å²) in [5.74, 6) is -1.04. The number of hydrogen-bond donors (Lipinski definition) is 1. The minimum Gasteiger partial charge on any atom is -0.465 e. The highest BCUT2D eigenvalue weighted by atomic mass is 32.1. The predicted molar refractivity (Wildman–Crippen MR) is 68.3 cm³/mol. The van der Waals surface area contributed by atoms with Crippen molar-refractivity contribution in [1.82, 2.24) is 0 Å². The second-order valence-corrected chi connectivity index (χ2v) is 3.92. The van der Waals surface area contributed by atoms with Gasteiger partial charge >= 0.3 is 5.97 Å². The van der Waals surface area contributed by atoms with Gasteiger partial charge < -0.3 is 9.57 Å². The molecule has 0 aliphatic rings. The lowest BCUT2D eigenvalue weighted by Gasteiger charge is -2.10. The number of oxime groups is 1. The zero-order valence-electron chi connectivity index (χ0n) is 10.4. The van der Waals surface area contributed by atoms with E-state index in [-0.39, 0.29) is 12.3 Å². The summed E-state index contributed by atoms with van der Waals surface area (Å²) in [4.78, 5) is 27.7. The van der Waals surface area contributed by atoms with Gasteiger partial charge in [0.15, 0.2) is 5.71 Å². The molecule has 0 bridgehead atoms. The molecule has 1 atom stereocenters. The van der Waals surface area contributed by atoms with E-state index in [2.05, 4.69) is 22.6 Å². The van der Waals surface area contributed by atoms with Crippen LogP contribution in [0.15, 0.2) is 16.8 Å². The molecular formula is C11H17NO4S. The highest BCUT2D eigenvalue weighted by Gasteiger charge is 2.27. The van der Waals surface area contributed by atoms with Crippen molar-refractivity contribution in [2.75, 3.05) is 13.7 Å². The Balaban J connectivity index is 4.99. The van der Waals surface area contributed by atoms with Gasteiger partial charge in [-0.1, -0.05) is 10.7 Å². The van der Waals surface area contributed by atoms with E-state index >= 15 is 0 Å². The smallest absolute Gasteiger partial charge is 0.325 e. The van der Waals surface area contributed by atoms with Crippen molar-refractivity contribution in [3.8, 4) is 0 Å². The van der Waals surface area contributed by atoms with E-state index in [4.69, 9.17) is 4.74 Å². The third-order valence-corrected chi connectivity index (χ3v) is 2.09. The largest absolute Gasteiger partial charge is 0.465 e. The van der Waals surface area contributed by atoms with E-state index < -0.39 is 17.0 Å². The monoisotopic (exact) mass is 259 g/mol. The molecule has 0 saturated carbocycles. The number of allylic oxidation sites excluding steroid dienone is 2. The van der Waals surface area contributed by atoms with Crippen molar-refractivity contribution in [1.29, 1.82) is 0 Å². The van der Waals surface area contributed by atoms with Gasteiger partial charge in [-0.2, -0.15) is 12.6 Å². The van der Waals surface area contributed by atoms with Crippen LogP contribution in [0.4, 0.5) is 0 Å². The lowest BCUT2D eigenvalue weighted by molar-refractivity contribution is -0.141. The molecule has 0 radical (unpaired) electrons. The molecule has 0 aliphatic carbocycles. The minimum absolute atomic E-state index is 0.0875. The molecule has 0 amide bonds. The number of nitrogens with zero attached hydrogens (tertiary/aromatic N) is 1. The number of carbonyl (C=O) groups is 2. The number of esters is 1. The standard InChI is InChI=1S/C11H17NO4S/c1-5-16-11(14)10(17)9(12-15-4)8(13)6-7(2)3/h6,10,17H,5H2,1-4H3/b12-9+. The summed E-state index contributed by atoms with van der Waals surface area (Å²) in [6.07, 6.45) is 1.36. The summed E-state index contributed by atoms with van der Waals surface area (Å²) in [5.41, 5.74) is 0.707. The van der Waals surface area contributed by atoms with Gasteiger partial charge in [0.25, 0.3) is 0 Å². The Morgan fingerprint density at radius 1 is 1.41 bits per heavy atom. The van der Waals surface area contributed by atoms with Crippen molar-refractivity contribution in [3.63, 3.8) is 0 Å². The first-order valence-electron chi connectivity index (χ1n) is 5.09. The second-order valence-electron chi connectivity index (χ2n) is 3.40. The van der Waals surface area contributed by atoms with E-state index in [1.807, 2.05) is 0 Å². The molecular weight excluding hydrogens is 242 g/mol. The number of hydrogen-bond acceptors (Lipinski definition) is 6. The normalized spacial score (nSPS) is 12.6. The lowest BCUT2D eigenvalue weighted by atomic mass is 10.1. The maximum absolute atomic E-state index is 11.7. The van der Waals surface area contributed by atoms with Crippen LogP contribution in [-0.4, -0.2) is 36.4 Å². The summed E-state index contributed by atoms with van der Waals surface area (Å²) in [6, 6.07) is 0. The molecule has 0 aromatic heterocycles. The van der Waals surface area contributed by atoms with Gasteiger partial charge in [-0.15, -0.1) is 0 Å². The summed E-state index contributed by atoms with van der Waals surface area (Å²) in [5, 5.41) is 2.48. The molecule has 0 spiro atoms. The minimum atomic E-state index is -1.04. The number of rotatable bonds is 6. The van der Waals surface area contributed by atoms with Gasteiger partial charge in [0.2, 0.25) is 5.78 Å². The number of ketones is 1. The molecule has 1 unspecified atom stereocenters. The molecule has 0 aromatic rings. The first kappa shape index (κ1) is 15.7. The topological polar surface area (TPSA) is 65.0 Å². The number of carbonyl (C=O) groups excluding carboxylic acids is 2. The zero-order valence-corrected chi connectivity index (χ0v) is 11.3. The predicted octanol–water partition coefficient (Wildman–Crippen LogP) is 1.39. The summed E-state index contributed by atoms with van der Waals surface area (Å²) < 4.78 is 4.76. The molecule has 0 N–H and O–H groups in total. The molecule has 0 aromatic carbocycles. The first-order chi connectivity index (χ1) is 7.93.